The van der Waals surface area contributed by atoms with E-state index < -0.39 is 41.5 Å². The number of nitrogens with two attached hydrogens (primary N) is 1. The molecule has 12 nitrogen and oxygen atoms in total. The molecule has 1 unspecified atom stereocenters. The summed E-state index contributed by atoms with van der Waals surface area (Å²) < 4.78 is 6.53. The van der Waals surface area contributed by atoms with Gasteiger partial charge in [-0.05, 0) is 42.4 Å². The summed E-state index contributed by atoms with van der Waals surface area (Å²) >= 11 is 0. The highest BCUT2D eigenvalue weighted by Gasteiger charge is 2.31. The van der Waals surface area contributed by atoms with Gasteiger partial charge in [0.05, 0.1) is 6.04 Å². The van der Waals surface area contributed by atoms with Crippen LogP contribution in [0.15, 0.2) is 77.7 Å². The van der Waals surface area contributed by atoms with E-state index in [1.54, 1.807) is 13.8 Å². The van der Waals surface area contributed by atoms with Gasteiger partial charge >= 0.3 is 11.8 Å². The van der Waals surface area contributed by atoms with Gasteiger partial charge in [0.25, 0.3) is 5.91 Å². The van der Waals surface area contributed by atoms with Gasteiger partial charge in [-0.2, -0.15) is 0 Å². The van der Waals surface area contributed by atoms with Gasteiger partial charge in [0.2, 0.25) is 11.7 Å². The lowest BCUT2D eigenvalue weighted by Crippen LogP contribution is -2.55. The minimum atomic E-state index is -1.15. The van der Waals surface area contributed by atoms with Crippen molar-refractivity contribution in [3.63, 3.8) is 0 Å². The Kier molecular flexibility index (Phi) is 12.4. The van der Waals surface area contributed by atoms with E-state index in [0.717, 1.165) is 11.1 Å². The molecule has 0 aliphatic rings. The Labute approximate surface area is 250 Å². The molecule has 0 fully saturated rings. The third-order valence-corrected chi connectivity index (χ3v) is 6.67. The molecule has 0 aliphatic carbocycles. The number of rotatable bonds is 15. The molecule has 0 aliphatic heterocycles. The number of carbonyl (C=O) groups excluding carboxylic acids is 4. The van der Waals surface area contributed by atoms with Crippen LogP contribution >= 0.6 is 0 Å². The maximum Gasteiger partial charge on any atom is 0.408 e. The quantitative estimate of drug-likeness (QED) is 0.153. The van der Waals surface area contributed by atoms with Crippen LogP contribution in [-0.2, 0) is 38.7 Å². The number of carbonyl (C=O) groups is 4. The minimum absolute atomic E-state index is 0.0273. The first-order chi connectivity index (χ1) is 20.7. The summed E-state index contributed by atoms with van der Waals surface area (Å²) in [6.07, 6.45) is 1.43. The highest BCUT2D eigenvalue weighted by atomic mass is 16.5. The van der Waals surface area contributed by atoms with Crippen molar-refractivity contribution in [2.75, 3.05) is 12.3 Å². The standard InChI is InChI=1S/C31H38N6O6/c1-21(2)26(36-31(42)43-20-23-12-7-4-8-13-23)28(39)35-24(15-14-22-10-5-3-6-11-22)27(38)29(40)33-17-9-19-37-25(32)16-18-34-30(37)41/h3-8,10-13,16,18,21,24,26H,9,14-15,17,19-20,32H2,1-2H3,(H,33,40)(H,35,39)(H,36,42)/t24?,26-/m0/s1. The number of hydrogen-bond donors (Lipinski definition) is 4. The van der Waals surface area contributed by atoms with Gasteiger partial charge < -0.3 is 26.4 Å². The Hall–Kier alpha value is -5.00. The average Bonchev–Trinajstić information content (AvgIpc) is 3.00. The summed E-state index contributed by atoms with van der Waals surface area (Å²) in [4.78, 5) is 67.4. The lowest BCUT2D eigenvalue weighted by molar-refractivity contribution is -0.140. The molecule has 0 saturated carbocycles. The van der Waals surface area contributed by atoms with Gasteiger partial charge in [0, 0.05) is 19.3 Å². The molecule has 3 rings (SSSR count). The van der Waals surface area contributed by atoms with Crippen molar-refractivity contribution >= 4 is 29.5 Å². The van der Waals surface area contributed by atoms with Crippen molar-refractivity contribution in [3.8, 4) is 0 Å². The van der Waals surface area contributed by atoms with Gasteiger partial charge in [-0.15, -0.1) is 0 Å². The first-order valence-electron chi connectivity index (χ1n) is 14.1. The lowest BCUT2D eigenvalue weighted by atomic mass is 9.99. The molecule has 2 atom stereocenters. The van der Waals surface area contributed by atoms with E-state index in [1.807, 2.05) is 60.7 Å². The van der Waals surface area contributed by atoms with Crippen LogP contribution in [0.4, 0.5) is 10.6 Å². The zero-order chi connectivity index (χ0) is 31.2. The first kappa shape index (κ1) is 32.5. The van der Waals surface area contributed by atoms with Crippen LogP contribution in [0.1, 0.15) is 37.8 Å². The Morgan fingerprint density at radius 3 is 2.21 bits per heavy atom. The monoisotopic (exact) mass is 590 g/mol. The topological polar surface area (TPSA) is 175 Å². The molecule has 3 amide bonds. The smallest absolute Gasteiger partial charge is 0.408 e. The highest BCUT2D eigenvalue weighted by Crippen LogP contribution is 2.09. The van der Waals surface area contributed by atoms with Crippen molar-refractivity contribution in [1.29, 1.82) is 0 Å². The molecule has 0 bridgehead atoms. The van der Waals surface area contributed by atoms with Crippen molar-refractivity contribution in [3.05, 3.63) is 94.5 Å². The fraction of sp³-hybridized carbons (Fsp3) is 0.355. The van der Waals surface area contributed by atoms with Crippen molar-refractivity contribution in [1.82, 2.24) is 25.5 Å². The minimum Gasteiger partial charge on any atom is -0.445 e. The SMILES string of the molecule is CC(C)[C@H](NC(=O)OCc1ccccc1)C(=O)NC(CCc1ccccc1)C(=O)C(=O)NCCCn1c(N)ccnc1=O. The Morgan fingerprint density at radius 2 is 1.58 bits per heavy atom. The second-order valence-electron chi connectivity index (χ2n) is 10.3. The van der Waals surface area contributed by atoms with Crippen LogP contribution < -0.4 is 27.4 Å². The third-order valence-electron chi connectivity index (χ3n) is 6.67. The Bertz CT molecular complexity index is 1430. The van der Waals surface area contributed by atoms with Gasteiger partial charge in [0.15, 0.2) is 0 Å². The maximum atomic E-state index is 13.3. The molecule has 43 heavy (non-hydrogen) atoms. The number of ether oxygens (including phenoxy) is 1. The molecule has 228 valence electrons. The van der Waals surface area contributed by atoms with E-state index in [1.165, 1.54) is 16.8 Å². The molecule has 0 saturated heterocycles. The number of anilines is 1. The van der Waals surface area contributed by atoms with Crippen LogP contribution in [0.3, 0.4) is 0 Å². The first-order valence-corrected chi connectivity index (χ1v) is 14.1. The normalized spacial score (nSPS) is 12.2. The zero-order valence-electron chi connectivity index (χ0n) is 24.3. The summed E-state index contributed by atoms with van der Waals surface area (Å²) in [5, 5.41) is 7.80. The van der Waals surface area contributed by atoms with E-state index in [0.29, 0.717) is 12.8 Å². The number of aromatic nitrogens is 2. The van der Waals surface area contributed by atoms with Gasteiger partial charge in [0.1, 0.15) is 18.5 Å². The van der Waals surface area contributed by atoms with Crippen molar-refractivity contribution in [2.45, 2.75) is 58.3 Å². The summed E-state index contributed by atoms with van der Waals surface area (Å²) in [5.41, 5.74) is 7.01. The summed E-state index contributed by atoms with van der Waals surface area (Å²) in [5.74, 6) is -2.41. The summed E-state index contributed by atoms with van der Waals surface area (Å²) in [6, 6.07) is 17.8. The highest BCUT2D eigenvalue weighted by molar-refractivity contribution is 6.38. The number of hydrogen-bond acceptors (Lipinski definition) is 8. The fourth-order valence-corrected chi connectivity index (χ4v) is 4.27. The van der Waals surface area contributed by atoms with Gasteiger partial charge in [-0.3, -0.25) is 19.0 Å². The van der Waals surface area contributed by atoms with E-state index in [-0.39, 0.29) is 37.9 Å². The third kappa shape index (κ3) is 10.4. The largest absolute Gasteiger partial charge is 0.445 e. The Morgan fingerprint density at radius 1 is 0.930 bits per heavy atom. The van der Waals surface area contributed by atoms with Crippen LogP contribution in [0, 0.1) is 5.92 Å². The molecule has 1 aromatic heterocycles. The van der Waals surface area contributed by atoms with Crippen LogP contribution in [-0.4, -0.2) is 51.9 Å². The number of benzene rings is 2. The average molecular weight is 591 g/mol. The number of amides is 3. The molecule has 3 aromatic rings. The van der Waals surface area contributed by atoms with Crippen LogP contribution in [0.25, 0.3) is 0 Å². The van der Waals surface area contributed by atoms with E-state index >= 15 is 0 Å². The van der Waals surface area contributed by atoms with E-state index in [2.05, 4.69) is 20.9 Å². The van der Waals surface area contributed by atoms with Crippen molar-refractivity contribution in [2.24, 2.45) is 5.92 Å². The molecule has 2 aromatic carbocycles. The number of nitrogens with zero attached hydrogens (tertiary/aromatic N) is 2. The van der Waals surface area contributed by atoms with Gasteiger partial charge in [-0.1, -0.05) is 74.5 Å². The van der Waals surface area contributed by atoms with Crippen LogP contribution in [0.5, 0.6) is 0 Å². The summed E-state index contributed by atoms with van der Waals surface area (Å²) in [6.45, 7) is 3.81. The Balaban J connectivity index is 1.62. The molecular weight excluding hydrogens is 552 g/mol. The molecule has 1 heterocycles. The second-order valence-corrected chi connectivity index (χ2v) is 10.3. The molecule has 5 N–H and O–H groups in total. The molecular formula is C31H38N6O6. The predicted molar refractivity (Wildman–Crippen MR) is 161 cm³/mol. The fourth-order valence-electron chi connectivity index (χ4n) is 4.27. The maximum absolute atomic E-state index is 13.3. The van der Waals surface area contributed by atoms with E-state index in [9.17, 15) is 24.0 Å². The van der Waals surface area contributed by atoms with Crippen molar-refractivity contribution < 1.29 is 23.9 Å². The number of nitrogen functional groups attached to an aromatic ring is 1. The number of Topliss-reactive ketones (excluding diaryl/α,β-unsaturated/α-hetero) is 1. The number of nitrogens with one attached hydrogen (secondary N) is 3. The number of ketones is 1. The van der Waals surface area contributed by atoms with E-state index in [4.69, 9.17) is 10.5 Å². The van der Waals surface area contributed by atoms with Gasteiger partial charge in [-0.25, -0.2) is 14.6 Å². The molecule has 0 spiro atoms. The van der Waals surface area contributed by atoms with Crippen LogP contribution in [0.2, 0.25) is 0 Å². The zero-order valence-corrected chi connectivity index (χ0v) is 24.3. The number of aryl methyl sites for hydroxylation is 1. The predicted octanol–water partition coefficient (Wildman–Crippen LogP) is 1.97. The molecule has 0 radical (unpaired) electrons. The second kappa shape index (κ2) is 16.4. The lowest BCUT2D eigenvalue weighted by Gasteiger charge is -2.25. The molecule has 12 heteroatoms. The number of alkyl carbamates (subject to hydrolysis) is 1. The summed E-state index contributed by atoms with van der Waals surface area (Å²) in [7, 11) is 0.